The van der Waals surface area contributed by atoms with Gasteiger partial charge in [0.15, 0.2) is 5.60 Å². The molecule has 1 amide bonds. The fraction of sp³-hybridized carbons (Fsp3) is 0.0714. The predicted molar refractivity (Wildman–Crippen MR) is 129 cm³/mol. The Hall–Kier alpha value is -4.22. The van der Waals surface area contributed by atoms with E-state index in [9.17, 15) is 9.90 Å². The molecule has 0 radical (unpaired) electrons. The van der Waals surface area contributed by atoms with Gasteiger partial charge in [-0.15, -0.1) is 0 Å². The van der Waals surface area contributed by atoms with Crippen LogP contribution >= 0.6 is 0 Å². The number of hydrogen-bond donors (Lipinski definition) is 2. The van der Waals surface area contributed by atoms with Crippen molar-refractivity contribution in [2.75, 3.05) is 0 Å². The lowest BCUT2D eigenvalue weighted by Gasteiger charge is -2.27. The Morgan fingerprint density at radius 3 is 2.00 bits per heavy atom. The van der Waals surface area contributed by atoms with E-state index in [1.807, 2.05) is 66.7 Å². The molecule has 0 fully saturated rings. The number of amides is 1. The third-order valence-corrected chi connectivity index (χ3v) is 5.20. The van der Waals surface area contributed by atoms with Crippen LogP contribution in [0, 0.1) is 0 Å². The lowest BCUT2D eigenvalue weighted by molar-refractivity contribution is -0.136. The summed E-state index contributed by atoms with van der Waals surface area (Å²) in [5, 5.41) is 15.5. The molecule has 164 valence electrons. The minimum Gasteiger partial charge on any atom is -0.489 e. The van der Waals surface area contributed by atoms with Gasteiger partial charge in [-0.3, -0.25) is 4.79 Å². The quantitative estimate of drug-likeness (QED) is 0.312. The number of carbonyl (C=O) groups excluding carboxylic acids is 1. The molecule has 4 rings (SSSR count). The zero-order chi connectivity index (χ0) is 22.9. The first kappa shape index (κ1) is 22.0. The summed E-state index contributed by atoms with van der Waals surface area (Å²) in [6.07, 6.45) is 1.52. The molecule has 0 aliphatic rings. The fourth-order valence-electron chi connectivity index (χ4n) is 3.46. The van der Waals surface area contributed by atoms with Crippen LogP contribution in [0.15, 0.2) is 120 Å². The molecule has 4 aromatic carbocycles. The first-order chi connectivity index (χ1) is 16.2. The van der Waals surface area contributed by atoms with Crippen molar-refractivity contribution in [2.45, 2.75) is 12.2 Å². The summed E-state index contributed by atoms with van der Waals surface area (Å²) in [6, 6.07) is 34.9. The van der Waals surface area contributed by atoms with E-state index in [0.29, 0.717) is 23.5 Å². The average molecular weight is 437 g/mol. The van der Waals surface area contributed by atoms with E-state index < -0.39 is 11.5 Å². The monoisotopic (exact) mass is 436 g/mol. The number of benzene rings is 4. The van der Waals surface area contributed by atoms with Crippen LogP contribution in [0.3, 0.4) is 0 Å². The molecular formula is C28H24N2O3. The van der Waals surface area contributed by atoms with Gasteiger partial charge in [-0.1, -0.05) is 103 Å². The van der Waals surface area contributed by atoms with Gasteiger partial charge in [0.25, 0.3) is 5.91 Å². The van der Waals surface area contributed by atoms with Crippen molar-refractivity contribution in [3.63, 3.8) is 0 Å². The highest BCUT2D eigenvalue weighted by atomic mass is 16.5. The number of aliphatic hydroxyl groups is 1. The van der Waals surface area contributed by atoms with Gasteiger partial charge in [0.05, 0.1) is 6.21 Å². The molecule has 0 heterocycles. The molecule has 2 N–H and O–H groups in total. The minimum absolute atomic E-state index is 0.458. The van der Waals surface area contributed by atoms with Crippen molar-refractivity contribution in [3.05, 3.63) is 138 Å². The molecule has 0 saturated carbocycles. The minimum atomic E-state index is -1.87. The smallest absolute Gasteiger partial charge is 0.281 e. The molecule has 0 spiro atoms. The Kier molecular flexibility index (Phi) is 6.93. The van der Waals surface area contributed by atoms with Gasteiger partial charge >= 0.3 is 0 Å². The molecule has 5 nitrogen and oxygen atoms in total. The first-order valence-corrected chi connectivity index (χ1v) is 10.6. The Labute approximate surface area is 193 Å². The van der Waals surface area contributed by atoms with Gasteiger partial charge in [0, 0.05) is 0 Å². The van der Waals surface area contributed by atoms with E-state index in [0.717, 1.165) is 11.1 Å². The van der Waals surface area contributed by atoms with Crippen LogP contribution in [0.25, 0.3) is 0 Å². The van der Waals surface area contributed by atoms with Crippen molar-refractivity contribution < 1.29 is 14.6 Å². The largest absolute Gasteiger partial charge is 0.489 e. The summed E-state index contributed by atoms with van der Waals surface area (Å²) >= 11 is 0. The molecule has 4 aromatic rings. The van der Waals surface area contributed by atoms with Crippen molar-refractivity contribution in [2.24, 2.45) is 5.10 Å². The van der Waals surface area contributed by atoms with Crippen molar-refractivity contribution in [1.82, 2.24) is 5.43 Å². The summed E-state index contributed by atoms with van der Waals surface area (Å²) in [7, 11) is 0. The van der Waals surface area contributed by atoms with Gasteiger partial charge in [0.1, 0.15) is 12.4 Å². The standard InChI is InChI=1S/C28H24N2O3/c31-27(28(32,24-14-6-2-7-15-24)25-16-8-3-9-17-25)30-29-20-23-13-10-18-26(19-23)33-21-22-11-4-1-5-12-22/h1-20,32H,21H2,(H,30,31)/b29-20+. The highest BCUT2D eigenvalue weighted by Gasteiger charge is 2.39. The van der Waals surface area contributed by atoms with E-state index in [-0.39, 0.29) is 0 Å². The average Bonchev–Trinajstić information content (AvgIpc) is 2.89. The number of hydrogen-bond acceptors (Lipinski definition) is 4. The van der Waals surface area contributed by atoms with Gasteiger partial charge in [0.2, 0.25) is 0 Å². The summed E-state index contributed by atoms with van der Waals surface area (Å²) in [5.41, 5.74) is 3.36. The number of hydrazone groups is 1. The molecule has 33 heavy (non-hydrogen) atoms. The Balaban J connectivity index is 1.47. The third-order valence-electron chi connectivity index (χ3n) is 5.20. The number of rotatable bonds is 8. The van der Waals surface area contributed by atoms with Crippen molar-refractivity contribution in [3.8, 4) is 5.75 Å². The summed E-state index contributed by atoms with van der Waals surface area (Å²) in [6.45, 7) is 0.458. The fourth-order valence-corrected chi connectivity index (χ4v) is 3.46. The molecule has 0 atom stereocenters. The highest BCUT2D eigenvalue weighted by Crippen LogP contribution is 2.29. The Morgan fingerprint density at radius 1 is 0.818 bits per heavy atom. The van der Waals surface area contributed by atoms with Gasteiger partial charge in [-0.05, 0) is 34.4 Å². The van der Waals surface area contributed by atoms with E-state index in [1.54, 1.807) is 48.5 Å². The van der Waals surface area contributed by atoms with Crippen molar-refractivity contribution in [1.29, 1.82) is 0 Å². The lowest BCUT2D eigenvalue weighted by Crippen LogP contribution is -2.43. The van der Waals surface area contributed by atoms with E-state index >= 15 is 0 Å². The topological polar surface area (TPSA) is 70.9 Å². The third kappa shape index (κ3) is 5.34. The summed E-state index contributed by atoms with van der Waals surface area (Å²) in [4.78, 5) is 13.1. The maximum atomic E-state index is 13.1. The van der Waals surface area contributed by atoms with Crippen LogP contribution in [-0.4, -0.2) is 17.2 Å². The zero-order valence-electron chi connectivity index (χ0n) is 18.0. The highest BCUT2D eigenvalue weighted by molar-refractivity contribution is 5.91. The van der Waals surface area contributed by atoms with E-state index in [4.69, 9.17) is 4.74 Å². The van der Waals surface area contributed by atoms with E-state index in [2.05, 4.69) is 10.5 Å². The number of ether oxygens (including phenoxy) is 1. The van der Waals surface area contributed by atoms with Gasteiger partial charge in [-0.2, -0.15) is 5.10 Å². The molecule has 0 saturated heterocycles. The maximum Gasteiger partial charge on any atom is 0.281 e. The van der Waals surface area contributed by atoms with Crippen LogP contribution in [0.4, 0.5) is 0 Å². The van der Waals surface area contributed by atoms with Gasteiger partial charge in [-0.25, -0.2) is 5.43 Å². The Bertz CT molecular complexity index is 1170. The molecule has 0 bridgehead atoms. The number of nitrogens with one attached hydrogen (secondary N) is 1. The van der Waals surface area contributed by atoms with Crippen LogP contribution < -0.4 is 10.2 Å². The maximum absolute atomic E-state index is 13.1. The normalized spacial score (nSPS) is 11.3. The SMILES string of the molecule is O=C(N/N=C/c1cccc(OCc2ccccc2)c1)C(O)(c1ccccc1)c1ccccc1. The summed E-state index contributed by atoms with van der Waals surface area (Å²) in [5.74, 6) is 0.0480. The second kappa shape index (κ2) is 10.4. The van der Waals surface area contributed by atoms with E-state index in [1.165, 1.54) is 6.21 Å². The molecule has 0 aliphatic carbocycles. The Morgan fingerprint density at radius 2 is 1.39 bits per heavy atom. The second-order valence-corrected chi connectivity index (χ2v) is 7.49. The van der Waals surface area contributed by atoms with Crippen LogP contribution in [0.5, 0.6) is 5.75 Å². The van der Waals surface area contributed by atoms with Gasteiger partial charge < -0.3 is 9.84 Å². The zero-order valence-corrected chi connectivity index (χ0v) is 18.0. The molecular weight excluding hydrogens is 412 g/mol. The first-order valence-electron chi connectivity index (χ1n) is 10.6. The number of carbonyl (C=O) groups is 1. The van der Waals surface area contributed by atoms with Crippen molar-refractivity contribution >= 4 is 12.1 Å². The second-order valence-electron chi connectivity index (χ2n) is 7.49. The van der Waals surface area contributed by atoms with Crippen LogP contribution in [0.1, 0.15) is 22.3 Å². The summed E-state index contributed by atoms with van der Waals surface area (Å²) < 4.78 is 5.84. The van der Waals surface area contributed by atoms with Crippen LogP contribution in [-0.2, 0) is 17.0 Å². The molecule has 0 aromatic heterocycles. The predicted octanol–water partition coefficient (Wildman–Crippen LogP) is 4.65. The van der Waals surface area contributed by atoms with Crippen LogP contribution in [0.2, 0.25) is 0 Å². The molecule has 5 heteroatoms. The molecule has 0 aliphatic heterocycles. The number of nitrogens with zero attached hydrogens (tertiary/aromatic N) is 1. The molecule has 0 unspecified atom stereocenters. The lowest BCUT2D eigenvalue weighted by atomic mass is 9.85.